The van der Waals surface area contributed by atoms with E-state index in [1.165, 1.54) is 19.3 Å². The maximum Gasteiger partial charge on any atom is 0.147 e. The minimum absolute atomic E-state index is 0.793. The third-order valence-corrected chi connectivity index (χ3v) is 4.14. The van der Waals surface area contributed by atoms with Gasteiger partial charge in [0.25, 0.3) is 0 Å². The number of hydrogen-bond acceptors (Lipinski definition) is 3. The standard InChI is InChI=1S/C16H17BrN2O/c17-15-7-3-2-6-14(15)16-9-8-13(20-16)12-18-19-10-4-1-5-11-19/h2-3,6-9,12H,1,4-5,10-11H2/b18-12-. The second-order valence-electron chi connectivity index (χ2n) is 4.94. The van der Waals surface area contributed by atoms with Gasteiger partial charge in [-0.05, 0) is 37.5 Å². The van der Waals surface area contributed by atoms with E-state index in [0.29, 0.717) is 0 Å². The number of rotatable bonds is 3. The van der Waals surface area contributed by atoms with Gasteiger partial charge in [-0.3, -0.25) is 5.01 Å². The Kier molecular flexibility index (Phi) is 4.21. The van der Waals surface area contributed by atoms with Gasteiger partial charge in [0.2, 0.25) is 0 Å². The van der Waals surface area contributed by atoms with E-state index in [4.69, 9.17) is 4.42 Å². The second-order valence-corrected chi connectivity index (χ2v) is 5.80. The summed E-state index contributed by atoms with van der Waals surface area (Å²) in [5.74, 6) is 1.65. The molecule has 2 heterocycles. The van der Waals surface area contributed by atoms with Crippen molar-refractivity contribution in [1.82, 2.24) is 5.01 Å². The highest BCUT2D eigenvalue weighted by molar-refractivity contribution is 9.10. The average molecular weight is 333 g/mol. The molecule has 0 atom stereocenters. The van der Waals surface area contributed by atoms with Crippen molar-refractivity contribution in [1.29, 1.82) is 0 Å². The van der Waals surface area contributed by atoms with Crippen LogP contribution in [0.4, 0.5) is 0 Å². The Balaban J connectivity index is 1.73. The predicted molar refractivity (Wildman–Crippen MR) is 84.9 cm³/mol. The molecule has 0 saturated carbocycles. The molecular formula is C16H17BrN2O. The summed E-state index contributed by atoms with van der Waals surface area (Å²) in [6.07, 6.45) is 5.60. The Morgan fingerprint density at radius 1 is 1.05 bits per heavy atom. The molecule has 0 N–H and O–H groups in total. The molecule has 0 spiro atoms. The lowest BCUT2D eigenvalue weighted by Crippen LogP contribution is -2.24. The molecule has 20 heavy (non-hydrogen) atoms. The van der Waals surface area contributed by atoms with Gasteiger partial charge in [-0.15, -0.1) is 0 Å². The van der Waals surface area contributed by atoms with Crippen molar-refractivity contribution >= 4 is 22.1 Å². The molecule has 4 heteroatoms. The van der Waals surface area contributed by atoms with Crippen LogP contribution in [0.1, 0.15) is 25.0 Å². The molecular weight excluding hydrogens is 316 g/mol. The van der Waals surface area contributed by atoms with Crippen molar-refractivity contribution < 1.29 is 4.42 Å². The Morgan fingerprint density at radius 2 is 1.85 bits per heavy atom. The van der Waals surface area contributed by atoms with Gasteiger partial charge in [0.1, 0.15) is 11.5 Å². The van der Waals surface area contributed by atoms with Gasteiger partial charge in [0.15, 0.2) is 0 Å². The molecule has 1 aliphatic rings. The molecule has 0 bridgehead atoms. The quantitative estimate of drug-likeness (QED) is 0.772. The topological polar surface area (TPSA) is 28.7 Å². The lowest BCUT2D eigenvalue weighted by Gasteiger charge is -2.22. The van der Waals surface area contributed by atoms with Crippen LogP contribution >= 0.6 is 15.9 Å². The van der Waals surface area contributed by atoms with Crippen LogP contribution in [-0.2, 0) is 0 Å². The van der Waals surface area contributed by atoms with E-state index in [0.717, 1.165) is 34.6 Å². The highest BCUT2D eigenvalue weighted by Gasteiger charge is 2.08. The number of furan rings is 1. The van der Waals surface area contributed by atoms with E-state index in [-0.39, 0.29) is 0 Å². The Morgan fingerprint density at radius 3 is 2.65 bits per heavy atom. The first-order valence-corrected chi connectivity index (χ1v) is 7.76. The molecule has 3 rings (SSSR count). The molecule has 0 aliphatic carbocycles. The summed E-state index contributed by atoms with van der Waals surface area (Å²) in [6, 6.07) is 12.0. The molecule has 3 nitrogen and oxygen atoms in total. The van der Waals surface area contributed by atoms with Crippen molar-refractivity contribution in [3.8, 4) is 11.3 Å². The number of piperidine rings is 1. The smallest absolute Gasteiger partial charge is 0.147 e. The molecule has 1 aliphatic heterocycles. The van der Waals surface area contributed by atoms with Gasteiger partial charge in [0.05, 0.1) is 6.21 Å². The Hall–Kier alpha value is -1.55. The van der Waals surface area contributed by atoms with E-state index < -0.39 is 0 Å². The summed E-state index contributed by atoms with van der Waals surface area (Å²) in [5.41, 5.74) is 1.06. The van der Waals surface area contributed by atoms with Gasteiger partial charge in [-0.1, -0.05) is 34.1 Å². The third kappa shape index (κ3) is 3.12. The Bertz CT molecular complexity index is 600. The van der Waals surface area contributed by atoms with Crippen molar-refractivity contribution in [2.75, 3.05) is 13.1 Å². The number of hydrogen-bond donors (Lipinski definition) is 0. The highest BCUT2D eigenvalue weighted by atomic mass is 79.9. The van der Waals surface area contributed by atoms with Crippen molar-refractivity contribution in [2.24, 2.45) is 5.10 Å². The highest BCUT2D eigenvalue weighted by Crippen LogP contribution is 2.29. The van der Waals surface area contributed by atoms with Crippen LogP contribution in [0.5, 0.6) is 0 Å². The first-order valence-electron chi connectivity index (χ1n) is 6.96. The summed E-state index contributed by atoms with van der Waals surface area (Å²) in [6.45, 7) is 2.10. The van der Waals surface area contributed by atoms with Crippen molar-refractivity contribution in [3.63, 3.8) is 0 Å². The zero-order chi connectivity index (χ0) is 13.8. The number of hydrazone groups is 1. The number of halogens is 1. The molecule has 0 amide bonds. The van der Waals surface area contributed by atoms with E-state index in [1.807, 2.05) is 42.6 Å². The third-order valence-electron chi connectivity index (χ3n) is 3.45. The van der Waals surface area contributed by atoms with Crippen molar-refractivity contribution in [2.45, 2.75) is 19.3 Å². The fraction of sp³-hybridized carbons (Fsp3) is 0.312. The number of benzene rings is 1. The fourth-order valence-electron chi connectivity index (χ4n) is 2.36. The molecule has 2 aromatic rings. The van der Waals surface area contributed by atoms with Crippen LogP contribution in [0.2, 0.25) is 0 Å². The maximum atomic E-state index is 5.84. The van der Waals surface area contributed by atoms with Gasteiger partial charge >= 0.3 is 0 Å². The minimum Gasteiger partial charge on any atom is -0.455 e. The minimum atomic E-state index is 0.793. The summed E-state index contributed by atoms with van der Waals surface area (Å²) >= 11 is 3.54. The van der Waals surface area contributed by atoms with Crippen LogP contribution in [0, 0.1) is 0 Å². The largest absolute Gasteiger partial charge is 0.455 e. The van der Waals surface area contributed by atoms with Crippen LogP contribution in [0.15, 0.2) is 50.4 Å². The predicted octanol–water partition coefficient (Wildman–Crippen LogP) is 4.53. The van der Waals surface area contributed by atoms with E-state index in [2.05, 4.69) is 26.0 Å². The SMILES string of the molecule is Brc1ccccc1-c1ccc(/C=N\N2CCCCC2)o1. The molecule has 104 valence electrons. The first kappa shape index (κ1) is 13.4. The first-order chi connectivity index (χ1) is 9.83. The summed E-state index contributed by atoms with van der Waals surface area (Å²) in [4.78, 5) is 0. The maximum absolute atomic E-state index is 5.84. The van der Waals surface area contributed by atoms with Crippen LogP contribution in [0.3, 0.4) is 0 Å². The molecule has 1 saturated heterocycles. The van der Waals surface area contributed by atoms with E-state index >= 15 is 0 Å². The Labute approximate surface area is 127 Å². The molecule has 1 aromatic carbocycles. The van der Waals surface area contributed by atoms with Crippen LogP contribution < -0.4 is 0 Å². The molecule has 1 fully saturated rings. The summed E-state index contributed by atoms with van der Waals surface area (Å²) < 4.78 is 6.87. The van der Waals surface area contributed by atoms with Gasteiger partial charge in [-0.2, -0.15) is 5.10 Å². The van der Waals surface area contributed by atoms with E-state index in [1.54, 1.807) is 0 Å². The summed E-state index contributed by atoms with van der Waals surface area (Å²) in [7, 11) is 0. The fourth-order valence-corrected chi connectivity index (χ4v) is 2.84. The van der Waals surface area contributed by atoms with Crippen molar-refractivity contribution in [3.05, 3.63) is 46.6 Å². The second kappa shape index (κ2) is 6.27. The molecule has 1 aromatic heterocycles. The molecule has 0 unspecified atom stereocenters. The normalized spacial score (nSPS) is 15.9. The van der Waals surface area contributed by atoms with Crippen LogP contribution in [-0.4, -0.2) is 24.3 Å². The molecule has 0 radical (unpaired) electrons. The van der Waals surface area contributed by atoms with E-state index in [9.17, 15) is 0 Å². The average Bonchev–Trinajstić information content (AvgIpc) is 2.95. The zero-order valence-electron chi connectivity index (χ0n) is 11.3. The lowest BCUT2D eigenvalue weighted by atomic mass is 10.2. The summed E-state index contributed by atoms with van der Waals surface area (Å²) in [5, 5.41) is 6.60. The number of nitrogens with zero attached hydrogens (tertiary/aromatic N) is 2. The van der Waals surface area contributed by atoms with Gasteiger partial charge in [0, 0.05) is 23.1 Å². The zero-order valence-corrected chi connectivity index (χ0v) is 12.8. The lowest BCUT2D eigenvalue weighted by molar-refractivity contribution is 0.240. The van der Waals surface area contributed by atoms with Gasteiger partial charge in [-0.25, -0.2) is 0 Å². The van der Waals surface area contributed by atoms with Gasteiger partial charge < -0.3 is 4.42 Å². The van der Waals surface area contributed by atoms with Crippen LogP contribution in [0.25, 0.3) is 11.3 Å². The monoisotopic (exact) mass is 332 g/mol.